The van der Waals surface area contributed by atoms with Crippen molar-refractivity contribution in [3.8, 4) is 0 Å². The molecule has 2 heterocycles. The largest absolute Gasteiger partial charge is 0.391 e. The van der Waals surface area contributed by atoms with E-state index < -0.39 is 6.10 Å². The Kier molecular flexibility index (Phi) is 2.88. The minimum Gasteiger partial charge on any atom is -0.391 e. The lowest BCUT2D eigenvalue weighted by Crippen LogP contribution is -2.42. The van der Waals surface area contributed by atoms with Crippen LogP contribution in [0.5, 0.6) is 0 Å². The number of hydrogen-bond acceptors (Lipinski definition) is 5. The fourth-order valence-electron chi connectivity index (χ4n) is 1.69. The van der Waals surface area contributed by atoms with Crippen LogP contribution in [-0.4, -0.2) is 40.1 Å². The number of aromatic nitrogens is 1. The summed E-state index contributed by atoms with van der Waals surface area (Å²) < 4.78 is 0. The van der Waals surface area contributed by atoms with Gasteiger partial charge in [0.2, 0.25) is 0 Å². The van der Waals surface area contributed by atoms with Gasteiger partial charge in [-0.2, -0.15) is 0 Å². The van der Waals surface area contributed by atoms with Crippen molar-refractivity contribution in [1.29, 1.82) is 0 Å². The smallest absolute Gasteiger partial charge is 0.273 e. The van der Waals surface area contributed by atoms with Gasteiger partial charge in [0.05, 0.1) is 6.10 Å². The van der Waals surface area contributed by atoms with Crippen LogP contribution in [0.25, 0.3) is 0 Å². The Bertz CT molecular complexity index is 366. The number of anilines is 1. The first-order chi connectivity index (χ1) is 7.16. The van der Waals surface area contributed by atoms with E-state index in [1.807, 2.05) is 0 Å². The number of nitrogen functional groups attached to an aromatic ring is 1. The zero-order chi connectivity index (χ0) is 10.8. The predicted molar refractivity (Wildman–Crippen MR) is 57.7 cm³/mol. The molecule has 15 heavy (non-hydrogen) atoms. The molecule has 1 aliphatic heterocycles. The molecule has 1 fully saturated rings. The van der Waals surface area contributed by atoms with Crippen molar-refractivity contribution in [1.82, 2.24) is 9.88 Å². The van der Waals surface area contributed by atoms with E-state index in [1.165, 1.54) is 11.3 Å². The summed E-state index contributed by atoms with van der Waals surface area (Å²) in [5, 5.41) is 11.5. The molecule has 0 aliphatic carbocycles. The van der Waals surface area contributed by atoms with E-state index in [0.29, 0.717) is 23.9 Å². The van der Waals surface area contributed by atoms with Crippen LogP contribution in [0.3, 0.4) is 0 Å². The molecule has 1 aliphatic rings. The van der Waals surface area contributed by atoms with Gasteiger partial charge in [-0.05, 0) is 12.8 Å². The Hall–Kier alpha value is -1.14. The van der Waals surface area contributed by atoms with E-state index in [9.17, 15) is 9.90 Å². The highest BCUT2D eigenvalue weighted by molar-refractivity contribution is 7.13. The van der Waals surface area contributed by atoms with Crippen molar-refractivity contribution in [3.05, 3.63) is 11.1 Å². The molecule has 0 radical (unpaired) electrons. The number of aliphatic hydroxyl groups excluding tert-OH is 1. The minimum atomic E-state index is -0.404. The van der Waals surface area contributed by atoms with Crippen LogP contribution >= 0.6 is 11.3 Å². The maximum Gasteiger partial charge on any atom is 0.273 e. The van der Waals surface area contributed by atoms with E-state index in [4.69, 9.17) is 5.73 Å². The summed E-state index contributed by atoms with van der Waals surface area (Å²) in [7, 11) is 0. The maximum atomic E-state index is 11.9. The van der Waals surface area contributed by atoms with E-state index in [0.717, 1.165) is 12.8 Å². The molecule has 1 amide bonds. The second-order valence-electron chi connectivity index (χ2n) is 3.62. The van der Waals surface area contributed by atoms with E-state index in [-0.39, 0.29) is 5.91 Å². The van der Waals surface area contributed by atoms with Crippen molar-refractivity contribution >= 4 is 22.4 Å². The van der Waals surface area contributed by atoms with Gasteiger partial charge in [-0.3, -0.25) is 4.79 Å². The average molecular weight is 227 g/mol. The number of amides is 1. The molecular formula is C9H13N3O2S. The number of aliphatic hydroxyl groups is 1. The quantitative estimate of drug-likeness (QED) is 0.724. The van der Waals surface area contributed by atoms with Crippen molar-refractivity contribution in [2.24, 2.45) is 0 Å². The number of nitrogens with zero attached hydrogens (tertiary/aromatic N) is 2. The first kappa shape index (κ1) is 10.4. The summed E-state index contributed by atoms with van der Waals surface area (Å²) >= 11 is 1.25. The number of piperidine rings is 1. The lowest BCUT2D eigenvalue weighted by molar-refractivity contribution is 0.0469. The Balaban J connectivity index is 2.07. The van der Waals surface area contributed by atoms with E-state index >= 15 is 0 Å². The van der Waals surface area contributed by atoms with Crippen LogP contribution in [0.4, 0.5) is 5.13 Å². The third kappa shape index (κ3) is 2.27. The second kappa shape index (κ2) is 4.16. The average Bonchev–Trinajstić information content (AvgIpc) is 2.64. The molecule has 1 atom stereocenters. The summed E-state index contributed by atoms with van der Waals surface area (Å²) in [6.07, 6.45) is 1.20. The molecule has 6 heteroatoms. The number of likely N-dealkylation sites (tertiary alicyclic amines) is 1. The molecule has 1 aromatic rings. The SMILES string of the molecule is Nc1nc(C(=O)N2CCC[C@H](O)C2)cs1. The highest BCUT2D eigenvalue weighted by Crippen LogP contribution is 2.16. The number of rotatable bonds is 1. The summed E-state index contributed by atoms with van der Waals surface area (Å²) in [5.74, 6) is -0.137. The zero-order valence-corrected chi connectivity index (χ0v) is 9.04. The third-order valence-corrected chi connectivity index (χ3v) is 3.10. The van der Waals surface area contributed by atoms with E-state index in [1.54, 1.807) is 10.3 Å². The van der Waals surface area contributed by atoms with Crippen molar-refractivity contribution in [2.75, 3.05) is 18.8 Å². The van der Waals surface area contributed by atoms with Gasteiger partial charge in [-0.1, -0.05) is 0 Å². The van der Waals surface area contributed by atoms with Gasteiger partial charge in [0, 0.05) is 18.5 Å². The van der Waals surface area contributed by atoms with Gasteiger partial charge in [-0.15, -0.1) is 11.3 Å². The molecule has 0 saturated carbocycles. The van der Waals surface area contributed by atoms with Crippen LogP contribution in [0.15, 0.2) is 5.38 Å². The number of nitrogens with two attached hydrogens (primary N) is 1. The highest BCUT2D eigenvalue weighted by Gasteiger charge is 2.24. The molecule has 1 saturated heterocycles. The second-order valence-corrected chi connectivity index (χ2v) is 4.51. The fourth-order valence-corrected chi connectivity index (χ4v) is 2.22. The summed E-state index contributed by atoms with van der Waals surface area (Å²) in [5.41, 5.74) is 5.84. The van der Waals surface area contributed by atoms with Crippen molar-refractivity contribution in [2.45, 2.75) is 18.9 Å². The van der Waals surface area contributed by atoms with Gasteiger partial charge in [0.15, 0.2) is 5.13 Å². The van der Waals surface area contributed by atoms with Crippen molar-refractivity contribution in [3.63, 3.8) is 0 Å². The van der Waals surface area contributed by atoms with Crippen LogP contribution < -0.4 is 5.73 Å². The lowest BCUT2D eigenvalue weighted by atomic mass is 10.1. The standard InChI is InChI=1S/C9H13N3O2S/c10-9-11-7(5-15-9)8(14)12-3-1-2-6(13)4-12/h5-6,13H,1-4H2,(H2,10,11)/t6-/m0/s1. The summed E-state index contributed by atoms with van der Waals surface area (Å²) in [6.45, 7) is 1.09. The summed E-state index contributed by atoms with van der Waals surface area (Å²) in [6, 6.07) is 0. The number of hydrogen-bond donors (Lipinski definition) is 2. The van der Waals surface area contributed by atoms with Crippen molar-refractivity contribution < 1.29 is 9.90 Å². The van der Waals surface area contributed by atoms with Gasteiger partial charge in [0.25, 0.3) is 5.91 Å². The Labute approximate surface area is 91.5 Å². The van der Waals surface area contributed by atoms with Gasteiger partial charge in [0.1, 0.15) is 5.69 Å². The molecule has 0 spiro atoms. The van der Waals surface area contributed by atoms with Gasteiger partial charge in [-0.25, -0.2) is 4.98 Å². The maximum absolute atomic E-state index is 11.9. The molecule has 2 rings (SSSR count). The number of carbonyl (C=O) groups excluding carboxylic acids is 1. The number of thiazole rings is 1. The lowest BCUT2D eigenvalue weighted by Gasteiger charge is -2.29. The molecule has 3 N–H and O–H groups in total. The molecular weight excluding hydrogens is 214 g/mol. The minimum absolute atomic E-state index is 0.137. The number of carbonyl (C=O) groups is 1. The Morgan fingerprint density at radius 2 is 2.53 bits per heavy atom. The van der Waals surface area contributed by atoms with Crippen LogP contribution in [0.1, 0.15) is 23.3 Å². The monoisotopic (exact) mass is 227 g/mol. The first-order valence-corrected chi connectivity index (χ1v) is 5.73. The Morgan fingerprint density at radius 1 is 1.73 bits per heavy atom. The molecule has 82 valence electrons. The predicted octanol–water partition coefficient (Wildman–Crippen LogP) is 0.322. The zero-order valence-electron chi connectivity index (χ0n) is 8.22. The molecule has 5 nitrogen and oxygen atoms in total. The van der Waals surface area contributed by atoms with Crippen LogP contribution in [0.2, 0.25) is 0 Å². The highest BCUT2D eigenvalue weighted by atomic mass is 32.1. The normalized spacial score (nSPS) is 21.7. The molecule has 0 unspecified atom stereocenters. The third-order valence-electron chi connectivity index (χ3n) is 2.42. The van der Waals surface area contributed by atoms with Gasteiger partial charge < -0.3 is 15.7 Å². The Morgan fingerprint density at radius 3 is 3.13 bits per heavy atom. The first-order valence-electron chi connectivity index (χ1n) is 4.85. The van der Waals surface area contributed by atoms with Gasteiger partial charge >= 0.3 is 0 Å². The number of β-amino-alcohol motifs (C(OH)–C–C–N with tert-alkyl or cyclic N) is 1. The van der Waals surface area contributed by atoms with Crippen LogP contribution in [-0.2, 0) is 0 Å². The van der Waals surface area contributed by atoms with E-state index in [2.05, 4.69) is 4.98 Å². The van der Waals surface area contributed by atoms with Crippen LogP contribution in [0, 0.1) is 0 Å². The molecule has 0 aromatic carbocycles. The molecule has 0 bridgehead atoms. The summed E-state index contributed by atoms with van der Waals surface area (Å²) in [4.78, 5) is 17.4. The molecule has 1 aromatic heterocycles. The topological polar surface area (TPSA) is 79.5 Å². The fraction of sp³-hybridized carbons (Fsp3) is 0.556.